The molecule has 0 fully saturated rings. The Morgan fingerprint density at radius 3 is 2.77 bits per heavy atom. The molecule has 6 nitrogen and oxygen atoms in total. The second-order valence-corrected chi connectivity index (χ2v) is 6.17. The van der Waals surface area contributed by atoms with Crippen molar-refractivity contribution in [2.45, 2.75) is 26.5 Å². The number of amides is 1. The minimum atomic E-state index is -0.674. The highest BCUT2D eigenvalue weighted by atomic mass is 35.5. The Morgan fingerprint density at radius 2 is 2.04 bits per heavy atom. The summed E-state index contributed by atoms with van der Waals surface area (Å²) >= 11 is 5.99. The first-order chi connectivity index (χ1) is 12.5. The van der Waals surface area contributed by atoms with Crippen LogP contribution in [0.1, 0.15) is 18.4 Å². The van der Waals surface area contributed by atoms with Crippen LogP contribution in [0.25, 0.3) is 11.4 Å². The molecule has 2 aromatic carbocycles. The van der Waals surface area contributed by atoms with Gasteiger partial charge < -0.3 is 14.6 Å². The van der Waals surface area contributed by atoms with E-state index in [0.29, 0.717) is 22.5 Å². The maximum atomic E-state index is 12.2. The lowest BCUT2D eigenvalue weighted by Crippen LogP contribution is -2.36. The van der Waals surface area contributed by atoms with Crippen LogP contribution in [-0.2, 0) is 11.3 Å². The van der Waals surface area contributed by atoms with Crippen LogP contribution in [0.5, 0.6) is 5.75 Å². The Morgan fingerprint density at radius 1 is 1.27 bits per heavy atom. The summed E-state index contributed by atoms with van der Waals surface area (Å²) in [4.78, 5) is 16.5. The van der Waals surface area contributed by atoms with Gasteiger partial charge in [0.05, 0.1) is 6.54 Å². The summed E-state index contributed by atoms with van der Waals surface area (Å²) in [5, 5.41) is 7.29. The Labute approximate surface area is 156 Å². The van der Waals surface area contributed by atoms with Gasteiger partial charge in [-0.2, -0.15) is 4.98 Å². The Kier molecular flexibility index (Phi) is 5.53. The van der Waals surface area contributed by atoms with Crippen LogP contribution in [0.3, 0.4) is 0 Å². The molecule has 0 radical (unpaired) electrons. The smallest absolute Gasteiger partial charge is 0.261 e. The van der Waals surface area contributed by atoms with Gasteiger partial charge in [-0.05, 0) is 37.6 Å². The summed E-state index contributed by atoms with van der Waals surface area (Å²) in [6, 6.07) is 14.7. The van der Waals surface area contributed by atoms with Crippen molar-refractivity contribution in [1.82, 2.24) is 15.5 Å². The number of rotatable bonds is 6. The van der Waals surface area contributed by atoms with E-state index in [-0.39, 0.29) is 12.5 Å². The maximum absolute atomic E-state index is 12.2. The minimum Gasteiger partial charge on any atom is -0.481 e. The molecule has 3 aromatic rings. The standard InChI is InChI=1S/C19H18ClN3O3/c1-12-10-15(8-9-16(12)20)25-13(2)19(24)21-11-17-22-18(23-26-17)14-6-4-3-5-7-14/h3-10,13H,11H2,1-2H3,(H,21,24)/t13-/m0/s1. The lowest BCUT2D eigenvalue weighted by molar-refractivity contribution is -0.127. The van der Waals surface area contributed by atoms with Gasteiger partial charge in [0.25, 0.3) is 5.91 Å². The second-order valence-electron chi connectivity index (χ2n) is 5.77. The van der Waals surface area contributed by atoms with Crippen LogP contribution in [0.2, 0.25) is 5.02 Å². The zero-order valence-electron chi connectivity index (χ0n) is 14.4. The SMILES string of the molecule is Cc1cc(O[C@@H](C)C(=O)NCc2nc(-c3ccccc3)no2)ccc1Cl. The molecule has 0 bridgehead atoms. The summed E-state index contributed by atoms with van der Waals surface area (Å²) in [7, 11) is 0. The maximum Gasteiger partial charge on any atom is 0.261 e. The van der Waals surface area contributed by atoms with Crippen molar-refractivity contribution in [3.8, 4) is 17.1 Å². The van der Waals surface area contributed by atoms with Gasteiger partial charge in [0.15, 0.2) is 6.10 Å². The normalized spacial score (nSPS) is 11.8. The average molecular weight is 372 g/mol. The molecule has 0 spiro atoms. The summed E-state index contributed by atoms with van der Waals surface area (Å²) in [5.74, 6) is 1.11. The average Bonchev–Trinajstić information content (AvgIpc) is 3.12. The molecule has 1 N–H and O–H groups in total. The molecule has 0 aliphatic heterocycles. The molecule has 134 valence electrons. The van der Waals surface area contributed by atoms with Gasteiger partial charge >= 0.3 is 0 Å². The molecule has 0 unspecified atom stereocenters. The highest BCUT2D eigenvalue weighted by Crippen LogP contribution is 2.22. The quantitative estimate of drug-likeness (QED) is 0.713. The highest BCUT2D eigenvalue weighted by Gasteiger charge is 2.16. The van der Waals surface area contributed by atoms with Crippen molar-refractivity contribution in [2.24, 2.45) is 0 Å². The van der Waals surface area contributed by atoms with Gasteiger partial charge in [0.2, 0.25) is 11.7 Å². The third-order valence-electron chi connectivity index (χ3n) is 3.73. The van der Waals surface area contributed by atoms with E-state index >= 15 is 0 Å². The number of hydrogen-bond acceptors (Lipinski definition) is 5. The summed E-state index contributed by atoms with van der Waals surface area (Å²) < 4.78 is 10.8. The fraction of sp³-hybridized carbons (Fsp3) is 0.211. The summed E-state index contributed by atoms with van der Waals surface area (Å²) in [6.07, 6.45) is -0.674. The van der Waals surface area contributed by atoms with E-state index < -0.39 is 6.10 Å². The van der Waals surface area contributed by atoms with E-state index in [1.165, 1.54) is 0 Å². The third kappa shape index (κ3) is 4.40. The molecule has 0 aliphatic rings. The van der Waals surface area contributed by atoms with Crippen LogP contribution in [-0.4, -0.2) is 22.2 Å². The highest BCUT2D eigenvalue weighted by molar-refractivity contribution is 6.31. The van der Waals surface area contributed by atoms with Crippen LogP contribution >= 0.6 is 11.6 Å². The van der Waals surface area contributed by atoms with Gasteiger partial charge in [-0.3, -0.25) is 4.79 Å². The van der Waals surface area contributed by atoms with E-state index in [9.17, 15) is 4.79 Å². The predicted octanol–water partition coefficient (Wildman–Crippen LogP) is 3.78. The lowest BCUT2D eigenvalue weighted by Gasteiger charge is -2.14. The number of ether oxygens (including phenoxy) is 1. The first-order valence-corrected chi connectivity index (χ1v) is 8.49. The molecular formula is C19H18ClN3O3. The first-order valence-electron chi connectivity index (χ1n) is 8.11. The van der Waals surface area contributed by atoms with E-state index in [4.69, 9.17) is 20.9 Å². The van der Waals surface area contributed by atoms with Crippen molar-refractivity contribution < 1.29 is 14.1 Å². The van der Waals surface area contributed by atoms with Gasteiger partial charge in [0.1, 0.15) is 5.75 Å². The molecule has 1 amide bonds. The monoisotopic (exact) mass is 371 g/mol. The number of nitrogens with one attached hydrogen (secondary N) is 1. The second kappa shape index (κ2) is 8.01. The summed E-state index contributed by atoms with van der Waals surface area (Å²) in [6.45, 7) is 3.67. The van der Waals surface area contributed by atoms with Crippen molar-refractivity contribution in [3.05, 3.63) is 65.0 Å². The summed E-state index contributed by atoms with van der Waals surface area (Å²) in [5.41, 5.74) is 1.74. The van der Waals surface area contributed by atoms with Gasteiger partial charge in [-0.15, -0.1) is 0 Å². The zero-order valence-corrected chi connectivity index (χ0v) is 15.2. The molecular weight excluding hydrogens is 354 g/mol. The van der Waals surface area contributed by atoms with E-state index in [0.717, 1.165) is 11.1 Å². The predicted molar refractivity (Wildman–Crippen MR) is 97.9 cm³/mol. The van der Waals surface area contributed by atoms with Gasteiger partial charge in [0, 0.05) is 10.6 Å². The largest absolute Gasteiger partial charge is 0.481 e. The lowest BCUT2D eigenvalue weighted by atomic mass is 10.2. The molecule has 0 saturated heterocycles. The van der Waals surface area contributed by atoms with Crippen molar-refractivity contribution in [1.29, 1.82) is 0 Å². The Balaban J connectivity index is 1.55. The molecule has 0 aliphatic carbocycles. The fourth-order valence-corrected chi connectivity index (χ4v) is 2.40. The fourth-order valence-electron chi connectivity index (χ4n) is 2.29. The zero-order chi connectivity index (χ0) is 18.5. The van der Waals surface area contributed by atoms with E-state index in [2.05, 4.69) is 15.5 Å². The van der Waals surface area contributed by atoms with Crippen LogP contribution in [0, 0.1) is 6.92 Å². The molecule has 3 rings (SSSR count). The number of aryl methyl sites for hydroxylation is 1. The topological polar surface area (TPSA) is 77.2 Å². The molecule has 1 aromatic heterocycles. The first kappa shape index (κ1) is 17.9. The van der Waals surface area contributed by atoms with Crippen molar-refractivity contribution in [2.75, 3.05) is 0 Å². The molecule has 26 heavy (non-hydrogen) atoms. The Bertz CT molecular complexity index is 896. The minimum absolute atomic E-state index is 0.131. The van der Waals surface area contributed by atoms with Crippen LogP contribution in [0.4, 0.5) is 0 Å². The number of benzene rings is 2. The van der Waals surface area contributed by atoms with Crippen molar-refractivity contribution >= 4 is 17.5 Å². The molecule has 7 heteroatoms. The van der Waals surface area contributed by atoms with Gasteiger partial charge in [-0.1, -0.05) is 47.1 Å². The van der Waals surface area contributed by atoms with Gasteiger partial charge in [-0.25, -0.2) is 0 Å². The molecule has 1 atom stereocenters. The van der Waals surface area contributed by atoms with E-state index in [1.807, 2.05) is 37.3 Å². The molecule has 1 heterocycles. The number of halogens is 1. The number of carbonyl (C=O) groups excluding carboxylic acids is 1. The number of nitrogens with zero attached hydrogens (tertiary/aromatic N) is 2. The van der Waals surface area contributed by atoms with Crippen LogP contribution in [0.15, 0.2) is 53.1 Å². The number of hydrogen-bond donors (Lipinski definition) is 1. The number of aromatic nitrogens is 2. The third-order valence-corrected chi connectivity index (χ3v) is 4.15. The Hall–Kier alpha value is -2.86. The van der Waals surface area contributed by atoms with Crippen LogP contribution < -0.4 is 10.1 Å². The molecule has 0 saturated carbocycles. The van der Waals surface area contributed by atoms with E-state index in [1.54, 1.807) is 25.1 Å². The number of carbonyl (C=O) groups is 1. The van der Waals surface area contributed by atoms with Crippen molar-refractivity contribution in [3.63, 3.8) is 0 Å².